The SMILES string of the molecule is NC(=O)NC1CNC(=O)S1. The van der Waals surface area contributed by atoms with Crippen molar-refractivity contribution in [2.75, 3.05) is 6.54 Å². The predicted molar refractivity (Wildman–Crippen MR) is 37.5 cm³/mol. The van der Waals surface area contributed by atoms with E-state index in [1.54, 1.807) is 0 Å². The zero-order valence-electron chi connectivity index (χ0n) is 5.09. The normalized spacial score (nSPS) is 24.0. The summed E-state index contributed by atoms with van der Waals surface area (Å²) in [5.74, 6) is 0. The van der Waals surface area contributed by atoms with Crippen molar-refractivity contribution < 1.29 is 9.59 Å². The molecule has 1 saturated heterocycles. The van der Waals surface area contributed by atoms with Crippen LogP contribution in [0.1, 0.15) is 0 Å². The first kappa shape index (κ1) is 7.20. The van der Waals surface area contributed by atoms with Crippen LogP contribution in [-0.4, -0.2) is 23.2 Å². The number of carbonyl (C=O) groups is 2. The van der Waals surface area contributed by atoms with Crippen LogP contribution in [0.4, 0.5) is 9.59 Å². The fourth-order valence-corrected chi connectivity index (χ4v) is 1.39. The predicted octanol–water partition coefficient (Wildman–Crippen LogP) is -0.563. The number of hydrogen-bond donors (Lipinski definition) is 3. The zero-order valence-corrected chi connectivity index (χ0v) is 5.90. The third-order valence-corrected chi connectivity index (χ3v) is 1.91. The smallest absolute Gasteiger partial charge is 0.313 e. The first-order valence-corrected chi connectivity index (χ1v) is 3.57. The van der Waals surface area contributed by atoms with Gasteiger partial charge in [0.05, 0.1) is 0 Å². The summed E-state index contributed by atoms with van der Waals surface area (Å²) in [7, 11) is 0. The summed E-state index contributed by atoms with van der Waals surface area (Å²) in [4.78, 5) is 20.7. The van der Waals surface area contributed by atoms with Gasteiger partial charge < -0.3 is 16.4 Å². The topological polar surface area (TPSA) is 84.2 Å². The molecule has 0 bridgehead atoms. The van der Waals surface area contributed by atoms with E-state index in [4.69, 9.17) is 5.73 Å². The first-order chi connectivity index (χ1) is 4.68. The van der Waals surface area contributed by atoms with E-state index in [2.05, 4.69) is 10.6 Å². The average Bonchev–Trinajstić information content (AvgIpc) is 2.13. The number of nitrogens with two attached hydrogens (primary N) is 1. The van der Waals surface area contributed by atoms with Gasteiger partial charge in [-0.2, -0.15) is 0 Å². The van der Waals surface area contributed by atoms with Gasteiger partial charge in [0.25, 0.3) is 5.24 Å². The summed E-state index contributed by atoms with van der Waals surface area (Å²) in [6.07, 6.45) is 0. The molecule has 0 spiro atoms. The van der Waals surface area contributed by atoms with Gasteiger partial charge in [-0.15, -0.1) is 0 Å². The molecule has 0 aliphatic carbocycles. The van der Waals surface area contributed by atoms with Crippen LogP contribution >= 0.6 is 11.8 Å². The second-order valence-electron chi connectivity index (χ2n) is 1.78. The van der Waals surface area contributed by atoms with Gasteiger partial charge in [0.1, 0.15) is 5.37 Å². The Morgan fingerprint density at radius 1 is 1.90 bits per heavy atom. The van der Waals surface area contributed by atoms with E-state index in [1.807, 2.05) is 0 Å². The van der Waals surface area contributed by atoms with Gasteiger partial charge in [0.15, 0.2) is 0 Å². The van der Waals surface area contributed by atoms with Crippen LogP contribution in [0.2, 0.25) is 0 Å². The van der Waals surface area contributed by atoms with E-state index in [-0.39, 0.29) is 10.6 Å². The first-order valence-electron chi connectivity index (χ1n) is 2.69. The van der Waals surface area contributed by atoms with Crippen LogP contribution < -0.4 is 16.4 Å². The number of nitrogens with one attached hydrogen (secondary N) is 2. The molecule has 0 saturated carbocycles. The minimum absolute atomic E-state index is 0.126. The average molecular weight is 161 g/mol. The molecule has 1 fully saturated rings. The Hall–Kier alpha value is -0.910. The molecule has 1 heterocycles. The van der Waals surface area contributed by atoms with Gasteiger partial charge in [-0.3, -0.25) is 4.79 Å². The summed E-state index contributed by atoms with van der Waals surface area (Å²) in [6.45, 7) is 0.451. The standard InChI is InChI=1S/C4H7N3O2S/c5-3(8)7-2-1-6-4(9)10-2/h2H,1H2,(H,6,9)(H3,5,7,8). The van der Waals surface area contributed by atoms with Gasteiger partial charge in [-0.05, 0) is 11.8 Å². The van der Waals surface area contributed by atoms with Crippen LogP contribution in [0.3, 0.4) is 0 Å². The van der Waals surface area contributed by atoms with E-state index in [1.165, 1.54) is 0 Å². The number of thioether (sulfide) groups is 1. The van der Waals surface area contributed by atoms with Crippen molar-refractivity contribution >= 4 is 23.0 Å². The van der Waals surface area contributed by atoms with Crippen molar-refractivity contribution in [1.82, 2.24) is 10.6 Å². The molecule has 1 atom stereocenters. The lowest BCUT2D eigenvalue weighted by molar-refractivity contribution is 0.248. The van der Waals surface area contributed by atoms with Crippen LogP contribution in [0.25, 0.3) is 0 Å². The van der Waals surface area contributed by atoms with Crippen molar-refractivity contribution in [3.05, 3.63) is 0 Å². The summed E-state index contributed by atoms with van der Waals surface area (Å²) in [5.41, 5.74) is 4.82. The number of amides is 3. The summed E-state index contributed by atoms with van der Waals surface area (Å²) in [6, 6.07) is -0.603. The highest BCUT2D eigenvalue weighted by Crippen LogP contribution is 2.13. The molecule has 3 amide bonds. The molecule has 1 aliphatic rings. The van der Waals surface area contributed by atoms with Crippen LogP contribution in [-0.2, 0) is 0 Å². The molecule has 0 aromatic rings. The Balaban J connectivity index is 2.31. The molecule has 56 valence electrons. The van der Waals surface area contributed by atoms with Crippen LogP contribution in [0.5, 0.6) is 0 Å². The highest BCUT2D eigenvalue weighted by atomic mass is 32.2. The maximum atomic E-state index is 10.5. The molecule has 1 aliphatic heterocycles. The number of hydrogen-bond acceptors (Lipinski definition) is 3. The number of primary amides is 1. The minimum atomic E-state index is -0.603. The fraction of sp³-hybridized carbons (Fsp3) is 0.500. The molecule has 0 aromatic heterocycles. The van der Waals surface area contributed by atoms with Crippen molar-refractivity contribution in [2.45, 2.75) is 5.37 Å². The van der Waals surface area contributed by atoms with E-state index < -0.39 is 6.03 Å². The Kier molecular flexibility index (Phi) is 2.00. The van der Waals surface area contributed by atoms with Crippen molar-refractivity contribution in [3.63, 3.8) is 0 Å². The Bertz CT molecular complexity index is 172. The molecule has 1 unspecified atom stereocenters. The van der Waals surface area contributed by atoms with E-state index in [0.29, 0.717) is 6.54 Å². The molecule has 0 aromatic carbocycles. The van der Waals surface area contributed by atoms with Crippen molar-refractivity contribution in [2.24, 2.45) is 5.73 Å². The zero-order chi connectivity index (χ0) is 7.56. The van der Waals surface area contributed by atoms with Crippen LogP contribution in [0, 0.1) is 0 Å². The lowest BCUT2D eigenvalue weighted by Gasteiger charge is -2.04. The van der Waals surface area contributed by atoms with Gasteiger partial charge in [-0.25, -0.2) is 4.79 Å². The quantitative estimate of drug-likeness (QED) is 0.482. The number of urea groups is 1. The molecule has 5 nitrogen and oxygen atoms in total. The van der Waals surface area contributed by atoms with Gasteiger partial charge >= 0.3 is 6.03 Å². The van der Waals surface area contributed by atoms with E-state index >= 15 is 0 Å². The van der Waals surface area contributed by atoms with Crippen LogP contribution in [0.15, 0.2) is 0 Å². The molecule has 0 radical (unpaired) electrons. The highest BCUT2D eigenvalue weighted by Gasteiger charge is 2.22. The summed E-state index contributed by atoms with van der Waals surface area (Å²) in [5, 5.41) is 4.59. The Morgan fingerprint density at radius 3 is 3.00 bits per heavy atom. The lowest BCUT2D eigenvalue weighted by atomic mass is 10.6. The second kappa shape index (κ2) is 2.78. The maximum Gasteiger partial charge on any atom is 0.313 e. The third kappa shape index (κ3) is 1.80. The molecule has 10 heavy (non-hydrogen) atoms. The molecule has 6 heteroatoms. The van der Waals surface area contributed by atoms with Gasteiger partial charge in [-0.1, -0.05) is 0 Å². The molecular weight excluding hydrogens is 154 g/mol. The number of carbonyl (C=O) groups excluding carboxylic acids is 2. The van der Waals surface area contributed by atoms with E-state index in [0.717, 1.165) is 11.8 Å². The largest absolute Gasteiger partial charge is 0.352 e. The summed E-state index contributed by atoms with van der Waals surface area (Å²) >= 11 is 1.03. The molecule has 4 N–H and O–H groups in total. The van der Waals surface area contributed by atoms with Gasteiger partial charge in [0.2, 0.25) is 0 Å². The maximum absolute atomic E-state index is 10.5. The van der Waals surface area contributed by atoms with Crippen molar-refractivity contribution in [1.29, 1.82) is 0 Å². The Labute approximate surface area is 61.7 Å². The van der Waals surface area contributed by atoms with E-state index in [9.17, 15) is 9.59 Å². The second-order valence-corrected chi connectivity index (χ2v) is 2.96. The monoisotopic (exact) mass is 161 g/mol. The molecular formula is C4H7N3O2S. The lowest BCUT2D eigenvalue weighted by Crippen LogP contribution is -2.38. The van der Waals surface area contributed by atoms with Gasteiger partial charge in [0, 0.05) is 6.54 Å². The highest BCUT2D eigenvalue weighted by molar-refractivity contribution is 8.14. The molecule has 1 rings (SSSR count). The summed E-state index contributed by atoms with van der Waals surface area (Å²) < 4.78 is 0. The minimum Gasteiger partial charge on any atom is -0.352 e. The third-order valence-electron chi connectivity index (χ3n) is 0.984. The Morgan fingerprint density at radius 2 is 2.60 bits per heavy atom. The fourth-order valence-electron chi connectivity index (χ4n) is 0.628. The number of rotatable bonds is 1. The van der Waals surface area contributed by atoms with Crippen molar-refractivity contribution in [3.8, 4) is 0 Å².